The van der Waals surface area contributed by atoms with Crippen LogP contribution >= 0.6 is 0 Å². The van der Waals surface area contributed by atoms with Crippen LogP contribution in [0.3, 0.4) is 0 Å². The summed E-state index contributed by atoms with van der Waals surface area (Å²) in [4.78, 5) is 0. The molecule has 0 atom stereocenters. The Hall–Kier alpha value is -2.16. The third kappa shape index (κ3) is 6.23. The van der Waals surface area contributed by atoms with E-state index in [9.17, 15) is 8.42 Å². The molecule has 2 aromatic rings. The highest BCUT2D eigenvalue weighted by molar-refractivity contribution is 7.90. The van der Waals surface area contributed by atoms with E-state index in [4.69, 9.17) is 5.26 Å². The maximum absolute atomic E-state index is 12.1. The predicted molar refractivity (Wildman–Crippen MR) is 91.4 cm³/mol. The third-order valence-electron chi connectivity index (χ3n) is 3.42. The monoisotopic (exact) mass is 328 g/mol. The first-order valence-electron chi connectivity index (χ1n) is 7.53. The minimum Gasteiger partial charge on any atom is -0.313 e. The van der Waals surface area contributed by atoms with E-state index in [-0.39, 0.29) is 11.5 Å². The molecule has 0 unspecified atom stereocenters. The van der Waals surface area contributed by atoms with Gasteiger partial charge in [-0.05, 0) is 36.2 Å². The number of hydrogen-bond donors (Lipinski definition) is 1. The van der Waals surface area contributed by atoms with Gasteiger partial charge in [0.1, 0.15) is 0 Å². The summed E-state index contributed by atoms with van der Waals surface area (Å²) in [7, 11) is -3.07. The third-order valence-corrected chi connectivity index (χ3v) is 5.11. The Bertz CT molecular complexity index is 765. The van der Waals surface area contributed by atoms with Crippen molar-refractivity contribution in [3.05, 3.63) is 71.3 Å². The lowest BCUT2D eigenvalue weighted by molar-refractivity contribution is 0.588. The van der Waals surface area contributed by atoms with Crippen LogP contribution in [0.5, 0.6) is 0 Å². The Morgan fingerprint density at radius 1 is 1.00 bits per heavy atom. The molecule has 0 aliphatic heterocycles. The van der Waals surface area contributed by atoms with E-state index in [0.29, 0.717) is 25.1 Å². The van der Waals surface area contributed by atoms with Crippen LogP contribution in [0.2, 0.25) is 0 Å². The smallest absolute Gasteiger partial charge is 0.154 e. The Morgan fingerprint density at radius 3 is 2.48 bits per heavy atom. The molecule has 1 N–H and O–H groups in total. The molecule has 2 rings (SSSR count). The molecule has 120 valence electrons. The van der Waals surface area contributed by atoms with E-state index in [1.54, 1.807) is 6.07 Å². The van der Waals surface area contributed by atoms with Crippen molar-refractivity contribution in [2.45, 2.75) is 18.7 Å². The van der Waals surface area contributed by atoms with Crippen LogP contribution in [-0.4, -0.2) is 20.7 Å². The number of nitriles is 1. The predicted octanol–water partition coefficient (Wildman–Crippen LogP) is 2.65. The van der Waals surface area contributed by atoms with E-state index >= 15 is 0 Å². The molecule has 0 bridgehead atoms. The first kappa shape index (κ1) is 17.2. The molecule has 0 spiro atoms. The molecule has 5 heteroatoms. The minimum absolute atomic E-state index is 0.0953. The zero-order chi connectivity index (χ0) is 16.5. The van der Waals surface area contributed by atoms with Gasteiger partial charge in [-0.1, -0.05) is 42.5 Å². The van der Waals surface area contributed by atoms with Gasteiger partial charge in [0.15, 0.2) is 9.84 Å². The first-order chi connectivity index (χ1) is 11.1. The van der Waals surface area contributed by atoms with Crippen molar-refractivity contribution in [2.24, 2.45) is 0 Å². The fraction of sp³-hybridized carbons (Fsp3) is 0.278. The summed E-state index contributed by atoms with van der Waals surface area (Å²) in [6.45, 7) is 1.26. The van der Waals surface area contributed by atoms with E-state index in [1.807, 2.05) is 48.5 Å². The summed E-state index contributed by atoms with van der Waals surface area (Å²) in [5.41, 5.74) is 2.49. The van der Waals surface area contributed by atoms with Crippen LogP contribution in [0.15, 0.2) is 54.6 Å². The van der Waals surface area contributed by atoms with Crippen molar-refractivity contribution in [3.63, 3.8) is 0 Å². The van der Waals surface area contributed by atoms with Crippen LogP contribution in [-0.2, 0) is 22.1 Å². The maximum Gasteiger partial charge on any atom is 0.154 e. The van der Waals surface area contributed by atoms with Crippen molar-refractivity contribution in [1.29, 1.82) is 5.26 Å². The zero-order valence-electron chi connectivity index (χ0n) is 12.9. The van der Waals surface area contributed by atoms with Gasteiger partial charge in [-0.2, -0.15) is 5.26 Å². The Labute approximate surface area is 137 Å². The van der Waals surface area contributed by atoms with Gasteiger partial charge in [-0.3, -0.25) is 0 Å². The molecular weight excluding hydrogens is 308 g/mol. The molecule has 0 radical (unpaired) electrons. The Kier molecular flexibility index (Phi) is 6.33. The quantitative estimate of drug-likeness (QED) is 0.756. The lowest BCUT2D eigenvalue weighted by Gasteiger charge is -2.07. The first-order valence-corrected chi connectivity index (χ1v) is 9.35. The zero-order valence-corrected chi connectivity index (χ0v) is 13.7. The van der Waals surface area contributed by atoms with Gasteiger partial charge in [0.05, 0.1) is 23.1 Å². The SMILES string of the molecule is N#Cc1cccc(CNCCCS(=O)(=O)Cc2ccccc2)c1. The van der Waals surface area contributed by atoms with Crippen LogP contribution < -0.4 is 5.32 Å². The highest BCUT2D eigenvalue weighted by Crippen LogP contribution is 2.07. The van der Waals surface area contributed by atoms with E-state index in [0.717, 1.165) is 11.1 Å². The number of benzene rings is 2. The largest absolute Gasteiger partial charge is 0.313 e. The number of rotatable bonds is 8. The average molecular weight is 328 g/mol. The van der Waals surface area contributed by atoms with Gasteiger partial charge >= 0.3 is 0 Å². The van der Waals surface area contributed by atoms with Crippen molar-refractivity contribution in [3.8, 4) is 6.07 Å². The molecule has 0 aliphatic rings. The van der Waals surface area contributed by atoms with Gasteiger partial charge in [0, 0.05) is 6.54 Å². The minimum atomic E-state index is -3.07. The summed E-state index contributed by atoms with van der Waals surface area (Å²) in [6, 6.07) is 18.7. The van der Waals surface area contributed by atoms with Crippen molar-refractivity contribution < 1.29 is 8.42 Å². The van der Waals surface area contributed by atoms with Gasteiger partial charge in [0.2, 0.25) is 0 Å². The van der Waals surface area contributed by atoms with Crippen LogP contribution in [0.1, 0.15) is 23.1 Å². The standard InChI is InChI=1S/C18H20N2O2S/c19-13-17-8-4-9-18(12-17)14-20-10-5-11-23(21,22)15-16-6-2-1-3-7-16/h1-4,6-9,12,20H,5,10-11,14-15H2. The fourth-order valence-corrected chi connectivity index (χ4v) is 3.73. The normalized spacial score (nSPS) is 11.1. The van der Waals surface area contributed by atoms with Gasteiger partial charge in [-0.25, -0.2) is 8.42 Å². The summed E-state index contributed by atoms with van der Waals surface area (Å²) in [5, 5.41) is 12.1. The van der Waals surface area contributed by atoms with Crippen LogP contribution in [0, 0.1) is 11.3 Å². The molecule has 4 nitrogen and oxygen atoms in total. The number of hydrogen-bond acceptors (Lipinski definition) is 4. The number of nitrogens with zero attached hydrogens (tertiary/aromatic N) is 1. The van der Waals surface area contributed by atoms with Gasteiger partial charge in [-0.15, -0.1) is 0 Å². The van der Waals surface area contributed by atoms with Crippen LogP contribution in [0.4, 0.5) is 0 Å². The molecule has 23 heavy (non-hydrogen) atoms. The molecule has 0 saturated carbocycles. The van der Waals surface area contributed by atoms with Gasteiger partial charge in [0.25, 0.3) is 0 Å². The molecule has 2 aromatic carbocycles. The maximum atomic E-state index is 12.1. The highest BCUT2D eigenvalue weighted by atomic mass is 32.2. The van der Waals surface area contributed by atoms with Crippen molar-refractivity contribution in [1.82, 2.24) is 5.32 Å². The summed E-state index contributed by atoms with van der Waals surface area (Å²) in [6.07, 6.45) is 0.576. The van der Waals surface area contributed by atoms with E-state index in [1.165, 1.54) is 0 Å². The fourth-order valence-electron chi connectivity index (χ4n) is 2.30. The molecular formula is C18H20N2O2S. The molecule has 0 aromatic heterocycles. The molecule has 0 fully saturated rings. The molecule has 0 amide bonds. The molecule has 0 saturated heterocycles. The second kappa shape index (κ2) is 8.47. The average Bonchev–Trinajstić information content (AvgIpc) is 2.55. The Balaban J connectivity index is 1.71. The van der Waals surface area contributed by atoms with E-state index in [2.05, 4.69) is 11.4 Å². The topological polar surface area (TPSA) is 70.0 Å². The number of nitrogens with one attached hydrogen (secondary N) is 1. The lowest BCUT2D eigenvalue weighted by atomic mass is 10.1. The van der Waals surface area contributed by atoms with E-state index < -0.39 is 9.84 Å². The second-order valence-electron chi connectivity index (χ2n) is 5.42. The second-order valence-corrected chi connectivity index (χ2v) is 7.60. The summed E-state index contributed by atoms with van der Waals surface area (Å²) < 4.78 is 24.1. The highest BCUT2D eigenvalue weighted by Gasteiger charge is 2.11. The van der Waals surface area contributed by atoms with Crippen molar-refractivity contribution in [2.75, 3.05) is 12.3 Å². The van der Waals surface area contributed by atoms with Crippen molar-refractivity contribution >= 4 is 9.84 Å². The molecule has 0 heterocycles. The van der Waals surface area contributed by atoms with Gasteiger partial charge < -0.3 is 5.32 Å². The lowest BCUT2D eigenvalue weighted by Crippen LogP contribution is -2.19. The van der Waals surface area contributed by atoms with Crippen LogP contribution in [0.25, 0.3) is 0 Å². The Morgan fingerprint density at radius 2 is 1.74 bits per heavy atom. The molecule has 0 aliphatic carbocycles. The summed E-state index contributed by atoms with van der Waals surface area (Å²) in [5.74, 6) is 0.269. The summed E-state index contributed by atoms with van der Waals surface area (Å²) >= 11 is 0. The number of sulfone groups is 1.